The quantitative estimate of drug-likeness (QED) is 0.625. The fourth-order valence-electron chi connectivity index (χ4n) is 1.92. The number of hydrogen-bond donors (Lipinski definition) is 0. The third-order valence-corrected chi connectivity index (χ3v) is 2.91. The fourth-order valence-corrected chi connectivity index (χ4v) is 1.92. The number of fused-ring (bicyclic) bond motifs is 1. The maximum absolute atomic E-state index is 8.92. The predicted octanol–water partition coefficient (Wildman–Crippen LogP) is 3.45. The largest absolute Gasteiger partial charge is 0.192 e. The molecule has 76 valence electrons. The molecule has 0 saturated heterocycles. The summed E-state index contributed by atoms with van der Waals surface area (Å²) in [5, 5.41) is 8.92. The molecule has 0 aromatic heterocycles. The number of allylic oxidation sites excluding steroid dienone is 2. The van der Waals surface area contributed by atoms with E-state index in [1.807, 2.05) is 6.08 Å². The first kappa shape index (κ1) is 9.98. The normalized spacial score (nSPS) is 14.4. The van der Waals surface area contributed by atoms with Gasteiger partial charge in [0, 0.05) is 0 Å². The van der Waals surface area contributed by atoms with Crippen molar-refractivity contribution in [1.29, 1.82) is 5.26 Å². The van der Waals surface area contributed by atoms with Crippen LogP contribution in [0.4, 0.5) is 0 Å². The van der Waals surface area contributed by atoms with E-state index in [1.165, 1.54) is 11.1 Å². The maximum atomic E-state index is 8.92. The summed E-state index contributed by atoms with van der Waals surface area (Å²) in [4.78, 5) is 0. The third-order valence-electron chi connectivity index (χ3n) is 2.91. The van der Waals surface area contributed by atoms with Crippen LogP contribution >= 0.6 is 0 Å². The van der Waals surface area contributed by atoms with Gasteiger partial charge in [0.15, 0.2) is 0 Å². The Bertz CT molecular complexity index is 467. The van der Waals surface area contributed by atoms with Crippen molar-refractivity contribution in [2.45, 2.75) is 32.6 Å². The van der Waals surface area contributed by atoms with Gasteiger partial charge in [0.25, 0.3) is 0 Å². The van der Waals surface area contributed by atoms with Gasteiger partial charge in [-0.3, -0.25) is 0 Å². The second-order valence-electron chi connectivity index (χ2n) is 5.06. The molecule has 0 N–H and O–H groups in total. The molecule has 0 aliphatic heterocycles. The predicted molar refractivity (Wildman–Crippen MR) is 62.4 cm³/mol. The number of benzene rings is 1. The van der Waals surface area contributed by atoms with Gasteiger partial charge in [-0.1, -0.05) is 45.0 Å². The minimum Gasteiger partial charge on any atom is -0.192 e. The van der Waals surface area contributed by atoms with Crippen LogP contribution in [0.1, 0.15) is 37.5 Å². The van der Waals surface area contributed by atoms with E-state index in [-0.39, 0.29) is 5.41 Å². The Morgan fingerprint density at radius 1 is 1.27 bits per heavy atom. The molecule has 1 aromatic rings. The summed E-state index contributed by atoms with van der Waals surface area (Å²) in [7, 11) is 0. The highest BCUT2D eigenvalue weighted by molar-refractivity contribution is 5.82. The van der Waals surface area contributed by atoms with Crippen molar-refractivity contribution in [3.8, 4) is 6.07 Å². The molecule has 0 spiro atoms. The van der Waals surface area contributed by atoms with E-state index in [9.17, 15) is 0 Å². The summed E-state index contributed by atoms with van der Waals surface area (Å²) >= 11 is 0. The van der Waals surface area contributed by atoms with Crippen molar-refractivity contribution >= 4 is 5.57 Å². The van der Waals surface area contributed by atoms with Crippen LogP contribution in [-0.2, 0) is 11.8 Å². The van der Waals surface area contributed by atoms with Gasteiger partial charge in [-0.2, -0.15) is 5.26 Å². The first-order valence-electron chi connectivity index (χ1n) is 5.26. The molecule has 0 saturated carbocycles. The molecule has 0 heterocycles. The van der Waals surface area contributed by atoms with Crippen molar-refractivity contribution in [2.24, 2.45) is 0 Å². The first-order chi connectivity index (χ1) is 7.02. The molecular formula is C14H15N. The van der Waals surface area contributed by atoms with Gasteiger partial charge in [-0.25, -0.2) is 0 Å². The lowest BCUT2D eigenvalue weighted by molar-refractivity contribution is 0.589. The third kappa shape index (κ3) is 1.68. The molecule has 1 aromatic carbocycles. The van der Waals surface area contributed by atoms with Gasteiger partial charge >= 0.3 is 0 Å². The van der Waals surface area contributed by atoms with Crippen molar-refractivity contribution in [3.05, 3.63) is 41.0 Å². The molecule has 1 heteroatoms. The zero-order valence-corrected chi connectivity index (χ0v) is 9.46. The van der Waals surface area contributed by atoms with Crippen LogP contribution < -0.4 is 0 Å². The zero-order chi connectivity index (χ0) is 11.1. The topological polar surface area (TPSA) is 23.8 Å². The Hall–Kier alpha value is -1.55. The highest BCUT2D eigenvalue weighted by Crippen LogP contribution is 2.31. The van der Waals surface area contributed by atoms with Crippen LogP contribution in [0.25, 0.3) is 5.57 Å². The smallest absolute Gasteiger partial charge is 0.0994 e. The monoisotopic (exact) mass is 197 g/mol. The van der Waals surface area contributed by atoms with E-state index < -0.39 is 0 Å². The Labute approximate surface area is 91.0 Å². The van der Waals surface area contributed by atoms with Crippen LogP contribution in [0.2, 0.25) is 0 Å². The van der Waals surface area contributed by atoms with Crippen LogP contribution in [0.15, 0.2) is 24.3 Å². The molecule has 0 unspecified atom stereocenters. The first-order valence-corrected chi connectivity index (χ1v) is 5.26. The molecule has 15 heavy (non-hydrogen) atoms. The molecule has 1 nitrogen and oxygen atoms in total. The molecule has 2 rings (SSSR count). The Balaban J connectivity index is 2.46. The number of rotatable bonds is 0. The lowest BCUT2D eigenvalue weighted by Gasteiger charge is -2.20. The van der Waals surface area contributed by atoms with Crippen molar-refractivity contribution < 1.29 is 0 Å². The zero-order valence-electron chi connectivity index (χ0n) is 9.46. The molecule has 0 atom stereocenters. The van der Waals surface area contributed by atoms with E-state index >= 15 is 0 Å². The highest BCUT2D eigenvalue weighted by atomic mass is 14.3. The van der Waals surface area contributed by atoms with Crippen molar-refractivity contribution in [2.75, 3.05) is 0 Å². The van der Waals surface area contributed by atoms with Gasteiger partial charge in [0.05, 0.1) is 11.6 Å². The maximum Gasteiger partial charge on any atom is 0.0994 e. The van der Waals surface area contributed by atoms with Crippen molar-refractivity contribution in [1.82, 2.24) is 0 Å². The summed E-state index contributed by atoms with van der Waals surface area (Å²) in [5.41, 5.74) is 4.76. The van der Waals surface area contributed by atoms with Gasteiger partial charge < -0.3 is 0 Å². The number of nitrogens with zero attached hydrogens (tertiary/aromatic N) is 1. The average Bonchev–Trinajstić information content (AvgIpc) is 2.58. The minimum atomic E-state index is 0.185. The SMILES string of the molecule is CC(C)(C)c1ccc2c(c1)CC=C2C#N. The molecule has 0 bridgehead atoms. The van der Waals surface area contributed by atoms with Gasteiger partial charge in [-0.05, 0) is 28.5 Å². The van der Waals surface area contributed by atoms with E-state index in [0.717, 1.165) is 17.6 Å². The molecule has 0 amide bonds. The van der Waals surface area contributed by atoms with E-state index in [4.69, 9.17) is 5.26 Å². The molecule has 1 aliphatic rings. The number of nitriles is 1. The highest BCUT2D eigenvalue weighted by Gasteiger charge is 2.18. The summed E-state index contributed by atoms with van der Waals surface area (Å²) in [6.07, 6.45) is 2.92. The summed E-state index contributed by atoms with van der Waals surface area (Å²) in [6.45, 7) is 6.63. The van der Waals surface area contributed by atoms with Crippen LogP contribution in [0.3, 0.4) is 0 Å². The average molecular weight is 197 g/mol. The standard InChI is InChI=1S/C14H15N/c1-14(2,3)12-6-7-13-10(8-12)4-5-11(13)9-15/h5-8H,4H2,1-3H3. The molecule has 0 fully saturated rings. The fraction of sp³-hybridized carbons (Fsp3) is 0.357. The Kier molecular flexibility index (Phi) is 2.16. The summed E-state index contributed by atoms with van der Waals surface area (Å²) in [6, 6.07) is 8.69. The van der Waals surface area contributed by atoms with Gasteiger partial charge in [0.1, 0.15) is 0 Å². The number of hydrogen-bond acceptors (Lipinski definition) is 1. The molecule has 0 radical (unpaired) electrons. The van der Waals surface area contributed by atoms with Crippen LogP contribution in [0.5, 0.6) is 0 Å². The lowest BCUT2D eigenvalue weighted by Crippen LogP contribution is -2.11. The van der Waals surface area contributed by atoms with E-state index in [1.54, 1.807) is 0 Å². The van der Waals surface area contributed by atoms with Crippen LogP contribution in [0, 0.1) is 11.3 Å². The second-order valence-corrected chi connectivity index (χ2v) is 5.06. The molecular weight excluding hydrogens is 182 g/mol. The van der Waals surface area contributed by atoms with Gasteiger partial charge in [-0.15, -0.1) is 0 Å². The summed E-state index contributed by atoms with van der Waals surface area (Å²) in [5.74, 6) is 0. The van der Waals surface area contributed by atoms with Crippen molar-refractivity contribution in [3.63, 3.8) is 0 Å². The second kappa shape index (κ2) is 3.24. The van der Waals surface area contributed by atoms with Gasteiger partial charge in [0.2, 0.25) is 0 Å². The van der Waals surface area contributed by atoms with E-state index in [0.29, 0.717) is 0 Å². The Morgan fingerprint density at radius 3 is 2.60 bits per heavy atom. The summed E-state index contributed by atoms with van der Waals surface area (Å²) < 4.78 is 0. The van der Waals surface area contributed by atoms with Crippen LogP contribution in [-0.4, -0.2) is 0 Å². The minimum absolute atomic E-state index is 0.185. The Morgan fingerprint density at radius 2 is 2.00 bits per heavy atom. The van der Waals surface area contributed by atoms with E-state index in [2.05, 4.69) is 45.0 Å². The molecule has 1 aliphatic carbocycles. The lowest BCUT2D eigenvalue weighted by atomic mass is 9.85.